The van der Waals surface area contributed by atoms with Crippen molar-refractivity contribution in [2.75, 3.05) is 17.3 Å². The molecule has 1 aliphatic heterocycles. The number of amides is 1. The van der Waals surface area contributed by atoms with Gasteiger partial charge in [0.1, 0.15) is 17.0 Å². The first-order valence-corrected chi connectivity index (χ1v) is 6.10. The quantitative estimate of drug-likeness (QED) is 0.370. The smallest absolute Gasteiger partial charge is 0.306 e. The van der Waals surface area contributed by atoms with E-state index in [1.807, 2.05) is 0 Å². The molecule has 18 heavy (non-hydrogen) atoms. The highest BCUT2D eigenvalue weighted by Gasteiger charge is 2.34. The lowest BCUT2D eigenvalue weighted by Gasteiger charge is -2.16. The van der Waals surface area contributed by atoms with Gasteiger partial charge >= 0.3 is 5.69 Å². The van der Waals surface area contributed by atoms with Crippen molar-refractivity contribution in [3.63, 3.8) is 0 Å². The fourth-order valence-corrected chi connectivity index (χ4v) is 2.25. The first-order chi connectivity index (χ1) is 8.52. The Hall–Kier alpha value is -1.40. The van der Waals surface area contributed by atoms with Crippen LogP contribution in [0.1, 0.15) is 6.42 Å². The average Bonchev–Trinajstić information content (AvgIpc) is 2.70. The minimum atomic E-state index is -0.583. The van der Waals surface area contributed by atoms with E-state index in [1.165, 1.54) is 11.0 Å². The number of alkyl halides is 1. The molecule has 96 valence electrons. The maximum Gasteiger partial charge on any atom is 0.311 e. The molecule has 1 aliphatic rings. The molecule has 1 fully saturated rings. The first kappa shape index (κ1) is 13.0. The summed E-state index contributed by atoms with van der Waals surface area (Å²) in [6.45, 7) is 0.365. The molecule has 0 spiro atoms. The lowest BCUT2D eigenvalue weighted by molar-refractivity contribution is -0.384. The molecule has 0 radical (unpaired) electrons. The monoisotopic (exact) mass is 289 g/mol. The van der Waals surface area contributed by atoms with E-state index in [1.54, 1.807) is 0 Å². The predicted molar refractivity (Wildman–Crippen MR) is 67.1 cm³/mol. The van der Waals surface area contributed by atoms with Crippen LogP contribution in [0.15, 0.2) is 12.3 Å². The van der Waals surface area contributed by atoms with Crippen LogP contribution in [0.4, 0.5) is 11.4 Å². The van der Waals surface area contributed by atoms with E-state index in [-0.39, 0.29) is 28.4 Å². The average molecular weight is 290 g/mol. The van der Waals surface area contributed by atoms with Gasteiger partial charge < -0.3 is 4.90 Å². The van der Waals surface area contributed by atoms with Crippen molar-refractivity contribution in [1.82, 2.24) is 4.98 Å². The summed E-state index contributed by atoms with van der Waals surface area (Å²) in [7, 11) is 0. The summed E-state index contributed by atoms with van der Waals surface area (Å²) in [5.41, 5.74) is -0.0550. The van der Waals surface area contributed by atoms with Crippen molar-refractivity contribution >= 4 is 40.5 Å². The third-order valence-corrected chi connectivity index (χ3v) is 3.38. The SMILES string of the molecule is O=C1CC(CCl)CN1c1cc(Cl)ncc1[N+](=O)[O-]. The van der Waals surface area contributed by atoms with E-state index in [2.05, 4.69) is 4.98 Å². The Morgan fingerprint density at radius 1 is 1.61 bits per heavy atom. The molecule has 1 atom stereocenters. The minimum absolute atomic E-state index is 0.00529. The van der Waals surface area contributed by atoms with Gasteiger partial charge in [-0.25, -0.2) is 4.98 Å². The van der Waals surface area contributed by atoms with Crippen LogP contribution >= 0.6 is 23.2 Å². The van der Waals surface area contributed by atoms with Crippen LogP contribution in [-0.4, -0.2) is 28.2 Å². The molecule has 0 aliphatic carbocycles. The number of rotatable bonds is 3. The van der Waals surface area contributed by atoms with Gasteiger partial charge in [0.25, 0.3) is 0 Å². The number of pyridine rings is 1. The number of nitrogens with zero attached hydrogens (tertiary/aromatic N) is 3. The Bertz CT molecular complexity index is 509. The number of carbonyl (C=O) groups is 1. The second-order valence-electron chi connectivity index (χ2n) is 3.98. The van der Waals surface area contributed by atoms with Crippen molar-refractivity contribution < 1.29 is 9.72 Å². The van der Waals surface area contributed by atoms with Crippen molar-refractivity contribution in [3.05, 3.63) is 27.5 Å². The normalized spacial score (nSPS) is 19.3. The number of halogens is 2. The van der Waals surface area contributed by atoms with Crippen LogP contribution in [0.3, 0.4) is 0 Å². The van der Waals surface area contributed by atoms with E-state index in [0.717, 1.165) is 6.20 Å². The molecule has 1 aromatic heterocycles. The molecule has 0 bridgehead atoms. The van der Waals surface area contributed by atoms with Gasteiger partial charge in [-0.2, -0.15) is 0 Å². The van der Waals surface area contributed by atoms with Crippen molar-refractivity contribution in [2.24, 2.45) is 5.92 Å². The van der Waals surface area contributed by atoms with Crippen molar-refractivity contribution in [3.8, 4) is 0 Å². The number of hydrogen-bond donors (Lipinski definition) is 0. The molecule has 2 rings (SSSR count). The molecule has 0 saturated carbocycles. The summed E-state index contributed by atoms with van der Waals surface area (Å²) in [5.74, 6) is 0.159. The van der Waals surface area contributed by atoms with Crippen molar-refractivity contribution in [1.29, 1.82) is 0 Å². The highest BCUT2D eigenvalue weighted by atomic mass is 35.5. The van der Waals surface area contributed by atoms with Crippen molar-refractivity contribution in [2.45, 2.75) is 6.42 Å². The predicted octanol–water partition coefficient (Wildman–Crippen LogP) is 2.23. The molecule has 0 aromatic carbocycles. The molecule has 2 heterocycles. The Kier molecular flexibility index (Phi) is 3.68. The summed E-state index contributed by atoms with van der Waals surface area (Å²) in [6, 6.07) is 1.33. The minimum Gasteiger partial charge on any atom is -0.306 e. The summed E-state index contributed by atoms with van der Waals surface area (Å²) in [5, 5.41) is 11.0. The second kappa shape index (κ2) is 5.07. The fourth-order valence-electron chi connectivity index (χ4n) is 1.89. The molecular weight excluding hydrogens is 281 g/mol. The summed E-state index contributed by atoms with van der Waals surface area (Å²) >= 11 is 11.4. The summed E-state index contributed by atoms with van der Waals surface area (Å²) < 4.78 is 0. The molecule has 1 amide bonds. The standard InChI is InChI=1S/C10H9Cl2N3O3/c11-3-6-1-10(16)14(5-6)7-2-9(12)13-4-8(7)15(17)18/h2,4,6H,1,3,5H2. The van der Waals surface area contributed by atoms with Gasteiger partial charge in [0.05, 0.1) is 4.92 Å². The number of carbonyl (C=O) groups excluding carboxylic acids is 1. The van der Waals surface area contributed by atoms with Gasteiger partial charge in [0.15, 0.2) is 0 Å². The van der Waals surface area contributed by atoms with E-state index in [4.69, 9.17) is 23.2 Å². The summed E-state index contributed by atoms with van der Waals surface area (Å²) in [6.07, 6.45) is 1.35. The number of nitro groups is 1. The third-order valence-electron chi connectivity index (χ3n) is 2.74. The molecule has 1 saturated heterocycles. The van der Waals surface area contributed by atoms with E-state index in [9.17, 15) is 14.9 Å². The Morgan fingerprint density at radius 3 is 2.89 bits per heavy atom. The Labute approximate surface area is 113 Å². The second-order valence-corrected chi connectivity index (χ2v) is 4.68. The number of anilines is 1. The van der Waals surface area contributed by atoms with E-state index >= 15 is 0 Å². The highest BCUT2D eigenvalue weighted by Crippen LogP contribution is 2.34. The lowest BCUT2D eigenvalue weighted by Crippen LogP contribution is -2.25. The van der Waals surface area contributed by atoms with Gasteiger partial charge in [-0.15, -0.1) is 11.6 Å². The van der Waals surface area contributed by atoms with Crippen LogP contribution < -0.4 is 4.90 Å². The zero-order valence-corrected chi connectivity index (χ0v) is 10.7. The molecule has 6 nitrogen and oxygen atoms in total. The maximum absolute atomic E-state index is 11.8. The van der Waals surface area contributed by atoms with Crippen LogP contribution in [0.5, 0.6) is 0 Å². The van der Waals surface area contributed by atoms with E-state index in [0.29, 0.717) is 18.8 Å². The van der Waals surface area contributed by atoms with Gasteiger partial charge in [0, 0.05) is 24.9 Å². The first-order valence-electron chi connectivity index (χ1n) is 5.19. The van der Waals surface area contributed by atoms with Gasteiger partial charge in [-0.1, -0.05) is 11.6 Å². The van der Waals surface area contributed by atoms with Crippen LogP contribution in [0.25, 0.3) is 0 Å². The largest absolute Gasteiger partial charge is 0.311 e. The topological polar surface area (TPSA) is 76.3 Å². The third kappa shape index (κ3) is 2.39. The van der Waals surface area contributed by atoms with Crippen LogP contribution in [-0.2, 0) is 4.79 Å². The molecule has 1 unspecified atom stereocenters. The molecule has 0 N–H and O–H groups in total. The van der Waals surface area contributed by atoms with Crippen LogP contribution in [0.2, 0.25) is 5.15 Å². The fraction of sp³-hybridized carbons (Fsp3) is 0.400. The number of hydrogen-bond acceptors (Lipinski definition) is 4. The molecule has 1 aromatic rings. The van der Waals surface area contributed by atoms with Gasteiger partial charge in [-0.05, 0) is 5.92 Å². The Balaban J connectivity index is 2.41. The molecule has 8 heteroatoms. The van der Waals surface area contributed by atoms with Gasteiger partial charge in [0.2, 0.25) is 5.91 Å². The van der Waals surface area contributed by atoms with Gasteiger partial charge in [-0.3, -0.25) is 14.9 Å². The van der Waals surface area contributed by atoms with E-state index < -0.39 is 4.92 Å². The zero-order chi connectivity index (χ0) is 13.3. The Morgan fingerprint density at radius 2 is 2.33 bits per heavy atom. The van der Waals surface area contributed by atoms with Crippen LogP contribution in [0, 0.1) is 16.0 Å². The molecular formula is C10H9Cl2N3O3. The maximum atomic E-state index is 11.8. The highest BCUT2D eigenvalue weighted by molar-refractivity contribution is 6.29. The zero-order valence-electron chi connectivity index (χ0n) is 9.18. The lowest BCUT2D eigenvalue weighted by atomic mass is 10.1. The number of aromatic nitrogens is 1. The summed E-state index contributed by atoms with van der Waals surface area (Å²) in [4.78, 5) is 27.1.